The number of aromatic nitrogens is 2. The van der Waals surface area contributed by atoms with Gasteiger partial charge in [-0.15, -0.1) is 0 Å². The molecule has 0 spiro atoms. The van der Waals surface area contributed by atoms with E-state index in [1.165, 1.54) is 0 Å². The number of nitrogens with one attached hydrogen (secondary N) is 1. The Morgan fingerprint density at radius 3 is 2.58 bits per heavy atom. The second-order valence-electron chi connectivity index (χ2n) is 5.78. The molecule has 0 amide bonds. The quantitative estimate of drug-likeness (QED) is 0.715. The van der Waals surface area contributed by atoms with Crippen LogP contribution in [0.15, 0.2) is 57.8 Å². The summed E-state index contributed by atoms with van der Waals surface area (Å²) in [6.07, 6.45) is 1.03. The predicted molar refractivity (Wildman–Crippen MR) is 102 cm³/mol. The van der Waals surface area contributed by atoms with E-state index in [1.54, 1.807) is 4.57 Å². The van der Waals surface area contributed by atoms with Crippen molar-refractivity contribution in [2.24, 2.45) is 0 Å². The topological polar surface area (TPSA) is 46.9 Å². The van der Waals surface area contributed by atoms with Crippen LogP contribution >= 0.6 is 15.9 Å². The van der Waals surface area contributed by atoms with Gasteiger partial charge in [0.15, 0.2) is 0 Å². The largest absolute Gasteiger partial charge is 0.308 e. The minimum Gasteiger partial charge on any atom is -0.308 e. The predicted octanol–water partition coefficient (Wildman–Crippen LogP) is 4.21. The highest BCUT2D eigenvalue weighted by Crippen LogP contribution is 2.19. The molecule has 2 aromatic carbocycles. The molecule has 1 heterocycles. The van der Waals surface area contributed by atoms with Gasteiger partial charge in [-0.3, -0.25) is 9.36 Å². The molecule has 0 unspecified atom stereocenters. The molecule has 0 radical (unpaired) electrons. The van der Waals surface area contributed by atoms with E-state index in [9.17, 15) is 4.79 Å². The third-order valence-electron chi connectivity index (χ3n) is 3.97. The van der Waals surface area contributed by atoms with Crippen molar-refractivity contribution in [3.63, 3.8) is 0 Å². The normalized spacial score (nSPS) is 12.5. The molecule has 4 nitrogen and oxygen atoms in total. The van der Waals surface area contributed by atoms with Crippen LogP contribution in [-0.2, 0) is 0 Å². The number of para-hydroxylation sites is 1. The van der Waals surface area contributed by atoms with Gasteiger partial charge in [0.2, 0.25) is 0 Å². The maximum atomic E-state index is 13.1. The van der Waals surface area contributed by atoms with Crippen LogP contribution in [0, 0.1) is 0 Å². The molecule has 5 heteroatoms. The summed E-state index contributed by atoms with van der Waals surface area (Å²) in [5, 5.41) is 4.06. The Morgan fingerprint density at radius 2 is 1.88 bits per heavy atom. The molecular formula is C19H20BrN3O. The fourth-order valence-corrected chi connectivity index (χ4v) is 3.00. The molecule has 0 bridgehead atoms. The summed E-state index contributed by atoms with van der Waals surface area (Å²) in [6.45, 7) is 5.04. The Balaban J connectivity index is 2.25. The van der Waals surface area contributed by atoms with E-state index in [-0.39, 0.29) is 11.6 Å². The number of fused-ring (bicyclic) bond motifs is 1. The molecule has 1 aromatic heterocycles. The van der Waals surface area contributed by atoms with Gasteiger partial charge < -0.3 is 5.32 Å². The van der Waals surface area contributed by atoms with Crippen LogP contribution in [-0.4, -0.2) is 16.1 Å². The van der Waals surface area contributed by atoms with E-state index < -0.39 is 0 Å². The lowest BCUT2D eigenvalue weighted by molar-refractivity contribution is 0.531. The Labute approximate surface area is 149 Å². The Bertz CT molecular complexity index is 903. The molecule has 0 aliphatic rings. The fourth-order valence-electron chi connectivity index (χ4n) is 2.73. The van der Waals surface area contributed by atoms with Crippen LogP contribution in [0.5, 0.6) is 0 Å². The average molecular weight is 386 g/mol. The van der Waals surface area contributed by atoms with Crippen LogP contribution in [0.4, 0.5) is 0 Å². The maximum Gasteiger partial charge on any atom is 0.266 e. The van der Waals surface area contributed by atoms with E-state index in [2.05, 4.69) is 28.2 Å². The summed E-state index contributed by atoms with van der Waals surface area (Å²) in [6, 6.07) is 15.2. The zero-order valence-electron chi connectivity index (χ0n) is 13.8. The first kappa shape index (κ1) is 16.9. The van der Waals surface area contributed by atoms with Crippen molar-refractivity contribution in [3.8, 4) is 5.69 Å². The summed E-state index contributed by atoms with van der Waals surface area (Å²) < 4.78 is 2.69. The number of hydrogen-bond donors (Lipinski definition) is 1. The van der Waals surface area contributed by atoms with Crippen LogP contribution in [0.3, 0.4) is 0 Å². The van der Waals surface area contributed by atoms with Crippen molar-refractivity contribution in [1.29, 1.82) is 0 Å². The van der Waals surface area contributed by atoms with Gasteiger partial charge in [0.25, 0.3) is 5.56 Å². The van der Waals surface area contributed by atoms with Gasteiger partial charge in [0, 0.05) is 4.47 Å². The molecule has 3 aromatic rings. The van der Waals surface area contributed by atoms with Crippen LogP contribution in [0.25, 0.3) is 16.6 Å². The summed E-state index contributed by atoms with van der Waals surface area (Å²) in [5.74, 6) is 0.731. The van der Waals surface area contributed by atoms with Crippen molar-refractivity contribution in [3.05, 3.63) is 69.2 Å². The van der Waals surface area contributed by atoms with Crippen molar-refractivity contribution < 1.29 is 0 Å². The number of halogens is 1. The Morgan fingerprint density at radius 1 is 1.17 bits per heavy atom. The second-order valence-corrected chi connectivity index (χ2v) is 6.70. The van der Waals surface area contributed by atoms with Gasteiger partial charge in [-0.25, -0.2) is 4.98 Å². The monoisotopic (exact) mass is 385 g/mol. The van der Waals surface area contributed by atoms with E-state index in [4.69, 9.17) is 4.98 Å². The van der Waals surface area contributed by atoms with E-state index in [0.717, 1.165) is 34.5 Å². The SMILES string of the molecule is CCCN[C@@H](C)c1nc2ccccc2c(=O)n1-c1ccc(Br)cc1. The number of hydrogen-bond acceptors (Lipinski definition) is 3. The van der Waals surface area contributed by atoms with E-state index in [1.807, 2.05) is 55.5 Å². The number of rotatable bonds is 5. The lowest BCUT2D eigenvalue weighted by atomic mass is 10.2. The van der Waals surface area contributed by atoms with Crippen LogP contribution < -0.4 is 10.9 Å². The molecule has 0 saturated carbocycles. The smallest absolute Gasteiger partial charge is 0.266 e. The lowest BCUT2D eigenvalue weighted by Gasteiger charge is -2.19. The van der Waals surface area contributed by atoms with E-state index in [0.29, 0.717) is 5.39 Å². The van der Waals surface area contributed by atoms with Crippen molar-refractivity contribution in [2.45, 2.75) is 26.3 Å². The van der Waals surface area contributed by atoms with Crippen molar-refractivity contribution in [2.75, 3.05) is 6.54 Å². The molecule has 3 rings (SSSR count). The lowest BCUT2D eigenvalue weighted by Crippen LogP contribution is -2.30. The Hall–Kier alpha value is -1.98. The molecule has 0 aliphatic carbocycles. The third kappa shape index (κ3) is 3.28. The number of benzene rings is 2. The van der Waals surface area contributed by atoms with Gasteiger partial charge in [-0.1, -0.05) is 35.0 Å². The molecule has 0 fully saturated rings. The Kier molecular flexibility index (Phi) is 5.11. The highest BCUT2D eigenvalue weighted by Gasteiger charge is 2.17. The second kappa shape index (κ2) is 7.28. The van der Waals surface area contributed by atoms with Gasteiger partial charge in [-0.05, 0) is 56.3 Å². The standard InChI is InChI=1S/C19H20BrN3O/c1-3-12-21-13(2)18-22-17-7-5-4-6-16(17)19(24)23(18)15-10-8-14(20)9-11-15/h4-11,13,21H,3,12H2,1-2H3/t13-/m0/s1. The molecule has 0 saturated heterocycles. The van der Waals surface area contributed by atoms with Gasteiger partial charge in [0.1, 0.15) is 5.82 Å². The van der Waals surface area contributed by atoms with Crippen molar-refractivity contribution in [1.82, 2.24) is 14.9 Å². The summed E-state index contributed by atoms with van der Waals surface area (Å²) in [7, 11) is 0. The third-order valence-corrected chi connectivity index (χ3v) is 4.50. The van der Waals surface area contributed by atoms with Crippen LogP contribution in [0.1, 0.15) is 32.1 Å². The molecular weight excluding hydrogens is 366 g/mol. The minimum absolute atomic E-state index is 0.0223. The first-order chi connectivity index (χ1) is 11.6. The maximum absolute atomic E-state index is 13.1. The molecule has 24 heavy (non-hydrogen) atoms. The fraction of sp³-hybridized carbons (Fsp3) is 0.263. The van der Waals surface area contributed by atoms with Gasteiger partial charge in [0.05, 0.1) is 22.6 Å². The van der Waals surface area contributed by atoms with Gasteiger partial charge >= 0.3 is 0 Å². The summed E-state index contributed by atoms with van der Waals surface area (Å²) >= 11 is 3.44. The zero-order valence-corrected chi connectivity index (χ0v) is 15.4. The molecule has 1 N–H and O–H groups in total. The van der Waals surface area contributed by atoms with Gasteiger partial charge in [-0.2, -0.15) is 0 Å². The average Bonchev–Trinajstić information content (AvgIpc) is 2.60. The minimum atomic E-state index is -0.0388. The highest BCUT2D eigenvalue weighted by molar-refractivity contribution is 9.10. The number of nitrogens with zero attached hydrogens (tertiary/aromatic N) is 2. The summed E-state index contributed by atoms with van der Waals surface area (Å²) in [4.78, 5) is 17.9. The van der Waals surface area contributed by atoms with Crippen molar-refractivity contribution >= 4 is 26.8 Å². The summed E-state index contributed by atoms with van der Waals surface area (Å²) in [5.41, 5.74) is 1.51. The van der Waals surface area contributed by atoms with Crippen LogP contribution in [0.2, 0.25) is 0 Å². The first-order valence-electron chi connectivity index (χ1n) is 8.13. The molecule has 1 atom stereocenters. The zero-order chi connectivity index (χ0) is 17.1. The van der Waals surface area contributed by atoms with E-state index >= 15 is 0 Å². The first-order valence-corrected chi connectivity index (χ1v) is 8.92. The highest BCUT2D eigenvalue weighted by atomic mass is 79.9. The molecule has 124 valence electrons. The molecule has 0 aliphatic heterocycles.